The highest BCUT2D eigenvalue weighted by molar-refractivity contribution is 7.99. The van der Waals surface area contributed by atoms with Crippen LogP contribution < -0.4 is 5.32 Å². The quantitative estimate of drug-likeness (QED) is 0.268. The highest BCUT2D eigenvalue weighted by Crippen LogP contribution is 2.26. The zero-order valence-corrected chi connectivity index (χ0v) is 20.1. The van der Waals surface area contributed by atoms with Crippen LogP contribution in [-0.2, 0) is 22.8 Å². The van der Waals surface area contributed by atoms with E-state index in [2.05, 4.69) is 22.1 Å². The van der Waals surface area contributed by atoms with E-state index >= 15 is 0 Å². The predicted molar refractivity (Wildman–Crippen MR) is 132 cm³/mol. The molecule has 0 bridgehead atoms. The smallest absolute Gasteiger partial charge is 0.234 e. The molecule has 3 aromatic rings. The first-order valence-corrected chi connectivity index (χ1v) is 12.4. The molecule has 0 aliphatic carbocycles. The van der Waals surface area contributed by atoms with Gasteiger partial charge in [-0.1, -0.05) is 65.3 Å². The number of nitrogens with one attached hydrogen (secondary N) is 1. The van der Waals surface area contributed by atoms with Gasteiger partial charge in [-0.25, -0.2) is 0 Å². The molecule has 3 rings (SSSR count). The summed E-state index contributed by atoms with van der Waals surface area (Å²) < 4.78 is 1.99. The van der Waals surface area contributed by atoms with Gasteiger partial charge in [0.15, 0.2) is 5.16 Å². The van der Waals surface area contributed by atoms with E-state index in [1.54, 1.807) is 23.9 Å². The fourth-order valence-corrected chi connectivity index (χ4v) is 4.76. The Bertz CT molecular complexity index is 1070. The van der Waals surface area contributed by atoms with E-state index in [1.807, 2.05) is 47.9 Å². The van der Waals surface area contributed by atoms with Gasteiger partial charge in [0.05, 0.1) is 21.6 Å². The third-order valence-electron chi connectivity index (χ3n) is 4.34. The Labute approximate surface area is 200 Å². The number of halogens is 2. The molecule has 9 heteroatoms. The van der Waals surface area contributed by atoms with Crippen molar-refractivity contribution in [1.82, 2.24) is 14.8 Å². The third-order valence-corrected chi connectivity index (χ3v) is 7.05. The lowest BCUT2D eigenvalue weighted by atomic mass is 10.2. The van der Waals surface area contributed by atoms with Gasteiger partial charge in [-0.15, -0.1) is 28.5 Å². The molecule has 0 fully saturated rings. The summed E-state index contributed by atoms with van der Waals surface area (Å²) in [5, 5.41) is 13.3. The maximum atomic E-state index is 12.4. The summed E-state index contributed by atoms with van der Waals surface area (Å²) in [6.07, 6.45) is 1.80. The van der Waals surface area contributed by atoms with Crippen molar-refractivity contribution in [3.63, 3.8) is 0 Å². The zero-order chi connectivity index (χ0) is 22.2. The first-order valence-electron chi connectivity index (χ1n) is 9.51. The number of hydrogen-bond donors (Lipinski definition) is 1. The highest BCUT2D eigenvalue weighted by atomic mass is 35.5. The number of benzene rings is 2. The number of aryl methyl sites for hydroxylation is 1. The molecule has 31 heavy (non-hydrogen) atoms. The molecule has 162 valence electrons. The minimum atomic E-state index is -0.0806. The van der Waals surface area contributed by atoms with Gasteiger partial charge in [0, 0.05) is 18.0 Å². The first-order chi connectivity index (χ1) is 15.0. The van der Waals surface area contributed by atoms with Crippen LogP contribution in [0.4, 0.5) is 5.69 Å². The van der Waals surface area contributed by atoms with Crippen LogP contribution in [0.25, 0.3) is 0 Å². The van der Waals surface area contributed by atoms with Gasteiger partial charge < -0.3 is 9.88 Å². The average molecular weight is 493 g/mol. The summed E-state index contributed by atoms with van der Waals surface area (Å²) in [4.78, 5) is 12.4. The van der Waals surface area contributed by atoms with Crippen LogP contribution in [0.2, 0.25) is 10.0 Å². The summed E-state index contributed by atoms with van der Waals surface area (Å²) in [6, 6.07) is 13.3. The van der Waals surface area contributed by atoms with E-state index in [0.717, 1.165) is 28.4 Å². The number of carbonyl (C=O) groups excluding carboxylic acids is 1. The lowest BCUT2D eigenvalue weighted by Crippen LogP contribution is -2.15. The molecular weight excluding hydrogens is 471 g/mol. The molecule has 0 aliphatic rings. The van der Waals surface area contributed by atoms with Crippen molar-refractivity contribution in [3.8, 4) is 0 Å². The molecule has 0 spiro atoms. The topological polar surface area (TPSA) is 59.8 Å². The third kappa shape index (κ3) is 6.77. The normalized spacial score (nSPS) is 10.8. The summed E-state index contributed by atoms with van der Waals surface area (Å²) in [5.41, 5.74) is 2.94. The standard InChI is InChI=1S/C22H22Cl2N4OS2/c1-3-10-28-20(13-30-12-16-8-9-17(23)18(24)11-16)26-27-22(28)31-14-21(29)25-19-7-5-4-6-15(19)2/h3-9,11H,1,10,12-14H2,2H3,(H,25,29). The van der Waals surface area contributed by atoms with E-state index in [0.29, 0.717) is 27.5 Å². The Balaban J connectivity index is 1.57. The minimum Gasteiger partial charge on any atom is -0.325 e. The second-order valence-electron chi connectivity index (χ2n) is 6.69. The number of nitrogens with zero attached hydrogens (tertiary/aromatic N) is 3. The summed E-state index contributed by atoms with van der Waals surface area (Å²) >= 11 is 15.1. The molecular formula is C22H22Cl2N4OS2. The fraction of sp³-hybridized carbons (Fsp3) is 0.227. The molecule has 0 atom stereocenters. The molecule has 0 saturated carbocycles. The van der Waals surface area contributed by atoms with Crippen molar-refractivity contribution >= 4 is 58.3 Å². The number of carbonyl (C=O) groups is 1. The van der Waals surface area contributed by atoms with Crippen molar-refractivity contribution in [3.05, 3.63) is 82.1 Å². The Morgan fingerprint density at radius 3 is 2.71 bits per heavy atom. The number of hydrogen-bond acceptors (Lipinski definition) is 5. The Morgan fingerprint density at radius 1 is 1.16 bits per heavy atom. The number of rotatable bonds is 10. The molecule has 1 aromatic heterocycles. The molecule has 0 saturated heterocycles. The molecule has 0 aliphatic heterocycles. The summed E-state index contributed by atoms with van der Waals surface area (Å²) in [5.74, 6) is 2.46. The highest BCUT2D eigenvalue weighted by Gasteiger charge is 2.14. The number of amides is 1. The van der Waals surface area contributed by atoms with Crippen LogP contribution in [0.1, 0.15) is 17.0 Å². The second-order valence-corrected chi connectivity index (χ2v) is 9.43. The maximum Gasteiger partial charge on any atom is 0.234 e. The number of thioether (sulfide) groups is 2. The second kappa shape index (κ2) is 11.6. The fourth-order valence-electron chi connectivity index (χ4n) is 2.76. The Morgan fingerprint density at radius 2 is 1.97 bits per heavy atom. The van der Waals surface area contributed by atoms with Crippen LogP contribution in [-0.4, -0.2) is 26.4 Å². The lowest BCUT2D eigenvalue weighted by molar-refractivity contribution is -0.113. The zero-order valence-electron chi connectivity index (χ0n) is 17.0. The number of para-hydroxylation sites is 1. The van der Waals surface area contributed by atoms with Crippen molar-refractivity contribution in [1.29, 1.82) is 0 Å². The van der Waals surface area contributed by atoms with Gasteiger partial charge in [-0.05, 0) is 36.2 Å². The monoisotopic (exact) mass is 492 g/mol. The maximum absolute atomic E-state index is 12.4. The SMILES string of the molecule is C=CCn1c(CSCc2ccc(Cl)c(Cl)c2)nnc1SCC(=O)Nc1ccccc1C. The van der Waals surface area contributed by atoms with Crippen molar-refractivity contribution in [2.75, 3.05) is 11.1 Å². The van der Waals surface area contributed by atoms with Gasteiger partial charge in [0.2, 0.25) is 5.91 Å². The molecule has 0 radical (unpaired) electrons. The minimum absolute atomic E-state index is 0.0806. The van der Waals surface area contributed by atoms with Crippen LogP contribution in [0, 0.1) is 6.92 Å². The molecule has 1 amide bonds. The van der Waals surface area contributed by atoms with Crippen molar-refractivity contribution < 1.29 is 4.79 Å². The van der Waals surface area contributed by atoms with Crippen LogP contribution in [0.3, 0.4) is 0 Å². The summed E-state index contributed by atoms with van der Waals surface area (Å²) in [7, 11) is 0. The van der Waals surface area contributed by atoms with Gasteiger partial charge in [0.25, 0.3) is 0 Å². The van der Waals surface area contributed by atoms with Crippen molar-refractivity contribution in [2.45, 2.75) is 30.1 Å². The predicted octanol–water partition coefficient (Wildman–Crippen LogP) is 6.24. The van der Waals surface area contributed by atoms with E-state index < -0.39 is 0 Å². The molecule has 1 heterocycles. The van der Waals surface area contributed by atoms with Crippen molar-refractivity contribution in [2.24, 2.45) is 0 Å². The lowest BCUT2D eigenvalue weighted by Gasteiger charge is -2.09. The molecule has 2 aromatic carbocycles. The van der Waals surface area contributed by atoms with Crippen LogP contribution >= 0.6 is 46.7 Å². The Kier molecular flexibility index (Phi) is 8.90. The van der Waals surface area contributed by atoms with E-state index in [-0.39, 0.29) is 11.7 Å². The largest absolute Gasteiger partial charge is 0.325 e. The first kappa shape index (κ1) is 23.7. The van der Waals surface area contributed by atoms with E-state index in [1.165, 1.54) is 11.8 Å². The van der Waals surface area contributed by atoms with Crippen LogP contribution in [0.15, 0.2) is 60.3 Å². The molecule has 0 unspecified atom stereocenters. The van der Waals surface area contributed by atoms with Gasteiger partial charge >= 0.3 is 0 Å². The van der Waals surface area contributed by atoms with Gasteiger partial charge in [-0.2, -0.15) is 0 Å². The number of anilines is 1. The number of aromatic nitrogens is 3. The van der Waals surface area contributed by atoms with Crippen LogP contribution in [0.5, 0.6) is 0 Å². The van der Waals surface area contributed by atoms with E-state index in [9.17, 15) is 4.79 Å². The number of allylic oxidation sites excluding steroid dienone is 1. The van der Waals surface area contributed by atoms with E-state index in [4.69, 9.17) is 23.2 Å². The average Bonchev–Trinajstić information content (AvgIpc) is 3.13. The molecule has 1 N–H and O–H groups in total. The van der Waals surface area contributed by atoms with Gasteiger partial charge in [-0.3, -0.25) is 4.79 Å². The summed E-state index contributed by atoms with van der Waals surface area (Å²) in [6.45, 7) is 6.37. The molecule has 5 nitrogen and oxygen atoms in total. The Hall–Kier alpha value is -1.93. The van der Waals surface area contributed by atoms with Gasteiger partial charge in [0.1, 0.15) is 5.82 Å².